The molecule has 1 unspecified atom stereocenters. The van der Waals surface area contributed by atoms with Gasteiger partial charge in [-0.05, 0) is 26.9 Å². The van der Waals surface area contributed by atoms with E-state index >= 15 is 0 Å². The van der Waals surface area contributed by atoms with Crippen LogP contribution in [0.3, 0.4) is 0 Å². The highest BCUT2D eigenvalue weighted by atomic mass is 16.6. The summed E-state index contributed by atoms with van der Waals surface area (Å²) in [7, 11) is 3.70. The average molecular weight is 287 g/mol. The van der Waals surface area contributed by atoms with Crippen molar-refractivity contribution in [3.63, 3.8) is 0 Å². The Morgan fingerprint density at radius 3 is 2.30 bits per heavy atom. The summed E-state index contributed by atoms with van der Waals surface area (Å²) in [6, 6.07) is 0. The Balaban J connectivity index is 2.63. The highest BCUT2D eigenvalue weighted by Crippen LogP contribution is 2.33. The van der Waals surface area contributed by atoms with E-state index in [4.69, 9.17) is 9.84 Å². The molecular weight excluding hydrogens is 262 g/mol. The van der Waals surface area contributed by atoms with Gasteiger partial charge in [-0.3, -0.25) is 9.59 Å². The number of carbonyl (C=O) groups excluding carboxylic acids is 1. The molecule has 1 fully saturated rings. The van der Waals surface area contributed by atoms with E-state index < -0.39 is 23.6 Å². The normalized spacial score (nSPS) is 19.6. The van der Waals surface area contributed by atoms with E-state index in [1.165, 1.54) is 0 Å². The van der Waals surface area contributed by atoms with Gasteiger partial charge in [-0.2, -0.15) is 0 Å². The van der Waals surface area contributed by atoms with E-state index in [1.54, 1.807) is 0 Å². The minimum Gasteiger partial charge on any atom is -0.481 e. The van der Waals surface area contributed by atoms with Crippen LogP contribution in [0.1, 0.15) is 44.9 Å². The van der Waals surface area contributed by atoms with Gasteiger partial charge in [0.05, 0.1) is 12.8 Å². The van der Waals surface area contributed by atoms with Gasteiger partial charge in [-0.25, -0.2) is 0 Å². The molecule has 0 aromatic rings. The van der Waals surface area contributed by atoms with Crippen molar-refractivity contribution >= 4 is 11.9 Å². The second kappa shape index (κ2) is 7.59. The number of nitrogens with zero attached hydrogens (tertiary/aromatic N) is 1. The summed E-state index contributed by atoms with van der Waals surface area (Å²) < 4.78 is 5.36. The standard InChI is InChI=1S/C14H25NO5/c1-15(2)10-11(14(19)8-4-3-5-9-14)20-13(18)7-6-12(16)17/h11,19H,3-10H2,1-2H3,(H,16,17). The van der Waals surface area contributed by atoms with Crippen LogP contribution in [0.4, 0.5) is 0 Å². The third-order valence-electron chi connectivity index (χ3n) is 3.67. The monoisotopic (exact) mass is 287 g/mol. The second-order valence-electron chi connectivity index (χ2n) is 5.80. The van der Waals surface area contributed by atoms with Gasteiger partial charge in [0.25, 0.3) is 0 Å². The first-order valence-corrected chi connectivity index (χ1v) is 7.12. The zero-order valence-corrected chi connectivity index (χ0v) is 12.3. The Bertz CT molecular complexity index is 336. The number of hydrogen-bond donors (Lipinski definition) is 2. The lowest BCUT2D eigenvalue weighted by molar-refractivity contribution is -0.172. The fraction of sp³-hybridized carbons (Fsp3) is 0.857. The van der Waals surface area contributed by atoms with Crippen LogP contribution in [0.5, 0.6) is 0 Å². The molecule has 0 aliphatic heterocycles. The van der Waals surface area contributed by atoms with Crippen LogP contribution in [-0.2, 0) is 14.3 Å². The van der Waals surface area contributed by atoms with Crippen LogP contribution in [0, 0.1) is 0 Å². The highest BCUT2D eigenvalue weighted by Gasteiger charge is 2.40. The molecule has 1 rings (SSSR count). The number of carboxylic acid groups (broad SMARTS) is 1. The van der Waals surface area contributed by atoms with Crippen LogP contribution in [0.2, 0.25) is 0 Å². The Labute approximate surface area is 119 Å². The van der Waals surface area contributed by atoms with Gasteiger partial charge in [0.15, 0.2) is 0 Å². The molecule has 6 nitrogen and oxygen atoms in total. The number of aliphatic hydroxyl groups is 1. The molecule has 6 heteroatoms. The van der Waals surface area contributed by atoms with E-state index in [9.17, 15) is 14.7 Å². The molecule has 1 atom stereocenters. The smallest absolute Gasteiger partial charge is 0.306 e. The largest absolute Gasteiger partial charge is 0.481 e. The molecule has 1 saturated carbocycles. The number of carbonyl (C=O) groups is 2. The van der Waals surface area contributed by atoms with Crippen molar-refractivity contribution in [3.8, 4) is 0 Å². The molecule has 116 valence electrons. The van der Waals surface area contributed by atoms with Gasteiger partial charge in [0, 0.05) is 6.54 Å². The topological polar surface area (TPSA) is 87.1 Å². The minimum absolute atomic E-state index is 0.157. The van der Waals surface area contributed by atoms with Gasteiger partial charge in [-0.1, -0.05) is 19.3 Å². The molecule has 0 amide bonds. The van der Waals surface area contributed by atoms with E-state index in [1.807, 2.05) is 19.0 Å². The van der Waals surface area contributed by atoms with Crippen molar-refractivity contribution < 1.29 is 24.5 Å². The molecular formula is C14H25NO5. The molecule has 0 aromatic carbocycles. The fourth-order valence-corrected chi connectivity index (χ4v) is 2.56. The third-order valence-corrected chi connectivity index (χ3v) is 3.67. The van der Waals surface area contributed by atoms with Crippen LogP contribution >= 0.6 is 0 Å². The van der Waals surface area contributed by atoms with Gasteiger partial charge >= 0.3 is 11.9 Å². The lowest BCUT2D eigenvalue weighted by atomic mass is 9.80. The molecule has 0 spiro atoms. The van der Waals surface area contributed by atoms with Crippen molar-refractivity contribution in [3.05, 3.63) is 0 Å². The number of ether oxygens (including phenoxy) is 1. The number of hydrogen-bond acceptors (Lipinski definition) is 5. The van der Waals surface area contributed by atoms with Crippen LogP contribution in [-0.4, -0.2) is 59.4 Å². The third kappa shape index (κ3) is 5.46. The maximum atomic E-state index is 11.7. The SMILES string of the molecule is CN(C)CC(OC(=O)CCC(=O)O)C1(O)CCCCC1. The number of carboxylic acids is 1. The Kier molecular flexibility index (Phi) is 6.42. The zero-order chi connectivity index (χ0) is 15.2. The van der Waals surface area contributed by atoms with E-state index in [-0.39, 0.29) is 12.8 Å². The maximum absolute atomic E-state index is 11.7. The highest BCUT2D eigenvalue weighted by molar-refractivity contribution is 5.76. The molecule has 0 aromatic heterocycles. The van der Waals surface area contributed by atoms with Gasteiger partial charge < -0.3 is 19.8 Å². The van der Waals surface area contributed by atoms with Crippen LogP contribution < -0.4 is 0 Å². The van der Waals surface area contributed by atoms with Crippen molar-refractivity contribution in [2.24, 2.45) is 0 Å². The van der Waals surface area contributed by atoms with Crippen molar-refractivity contribution in [1.82, 2.24) is 4.90 Å². The minimum atomic E-state index is -1.03. The Hall–Kier alpha value is -1.14. The quantitative estimate of drug-likeness (QED) is 0.680. The molecule has 0 bridgehead atoms. The molecule has 2 N–H and O–H groups in total. The Morgan fingerprint density at radius 1 is 1.20 bits per heavy atom. The first-order valence-electron chi connectivity index (χ1n) is 7.12. The van der Waals surface area contributed by atoms with Crippen molar-refractivity contribution in [2.75, 3.05) is 20.6 Å². The number of esters is 1. The van der Waals surface area contributed by atoms with Crippen molar-refractivity contribution in [2.45, 2.75) is 56.7 Å². The molecule has 0 heterocycles. The van der Waals surface area contributed by atoms with E-state index in [0.29, 0.717) is 19.4 Å². The molecule has 0 radical (unpaired) electrons. The summed E-state index contributed by atoms with van der Waals surface area (Å²) in [4.78, 5) is 24.0. The van der Waals surface area contributed by atoms with Gasteiger partial charge in [-0.15, -0.1) is 0 Å². The summed E-state index contributed by atoms with van der Waals surface area (Å²) in [5.74, 6) is -1.58. The summed E-state index contributed by atoms with van der Waals surface area (Å²) in [6.45, 7) is 0.440. The van der Waals surface area contributed by atoms with Crippen molar-refractivity contribution in [1.29, 1.82) is 0 Å². The first kappa shape index (κ1) is 16.9. The Morgan fingerprint density at radius 2 is 1.80 bits per heavy atom. The molecule has 1 aliphatic carbocycles. The maximum Gasteiger partial charge on any atom is 0.306 e. The van der Waals surface area contributed by atoms with Crippen LogP contribution in [0.15, 0.2) is 0 Å². The number of likely N-dealkylation sites (N-methyl/N-ethyl adjacent to an activating group) is 1. The van der Waals surface area contributed by atoms with Crippen LogP contribution in [0.25, 0.3) is 0 Å². The number of aliphatic carboxylic acids is 1. The summed E-state index contributed by atoms with van der Waals surface area (Å²) in [5.41, 5.74) is -0.985. The number of rotatable bonds is 7. The predicted molar refractivity (Wildman–Crippen MR) is 73.3 cm³/mol. The van der Waals surface area contributed by atoms with Gasteiger partial charge in [0.2, 0.25) is 0 Å². The lowest BCUT2D eigenvalue weighted by Gasteiger charge is -2.39. The lowest BCUT2D eigenvalue weighted by Crippen LogP contribution is -2.51. The zero-order valence-electron chi connectivity index (χ0n) is 12.3. The van der Waals surface area contributed by atoms with Gasteiger partial charge in [0.1, 0.15) is 11.7 Å². The first-order chi connectivity index (χ1) is 9.33. The molecule has 1 aliphatic rings. The second-order valence-corrected chi connectivity index (χ2v) is 5.80. The summed E-state index contributed by atoms with van der Waals surface area (Å²) in [6.07, 6.45) is 3.18. The summed E-state index contributed by atoms with van der Waals surface area (Å²) >= 11 is 0. The molecule has 0 saturated heterocycles. The van der Waals surface area contributed by atoms with E-state index in [0.717, 1.165) is 19.3 Å². The summed E-state index contributed by atoms with van der Waals surface area (Å²) in [5, 5.41) is 19.3. The fourth-order valence-electron chi connectivity index (χ4n) is 2.56. The molecule has 20 heavy (non-hydrogen) atoms. The van der Waals surface area contributed by atoms with E-state index in [2.05, 4.69) is 0 Å². The average Bonchev–Trinajstić information content (AvgIpc) is 2.36. The predicted octanol–water partition coefficient (Wildman–Crippen LogP) is 1.02.